The number of benzene rings is 3. The molecule has 9 heteroatoms. The normalized spacial score (nSPS) is 12.7. The average Bonchev–Trinajstić information content (AvgIpc) is 2.92. The Morgan fingerprint density at radius 2 is 1.84 bits per heavy atom. The second kappa shape index (κ2) is 9.51. The minimum Gasteiger partial charge on any atom is -0.323 e. The molecule has 4 rings (SSSR count). The quantitative estimate of drug-likeness (QED) is 0.387. The minimum absolute atomic E-state index is 0.164. The molecule has 1 amide bonds. The maximum atomic E-state index is 12.1. The van der Waals surface area contributed by atoms with E-state index in [-0.39, 0.29) is 6.54 Å². The Bertz CT molecular complexity index is 1210. The number of hydrogen-bond donors (Lipinski definition) is 2. The number of carbonyl (C=O) groups excluding carboxylic acids is 1. The van der Waals surface area contributed by atoms with Gasteiger partial charge < -0.3 is 4.84 Å². The number of nitrogens with one attached hydrogen (secondary N) is 2. The van der Waals surface area contributed by atoms with E-state index in [0.29, 0.717) is 33.0 Å². The van der Waals surface area contributed by atoms with Crippen molar-refractivity contribution in [2.45, 2.75) is 0 Å². The molecule has 156 valence electrons. The van der Waals surface area contributed by atoms with Crippen LogP contribution in [0.15, 0.2) is 81.2 Å². The summed E-state index contributed by atoms with van der Waals surface area (Å²) in [7, 11) is 0. The standard InChI is InChI=1S/C22H15BrCl2N4O2/c23-13-8-9-19-17(10-13)21(16-6-1-2-7-18(16)25)26-12-20(28-19)29-31-22(30)27-15-5-3-4-14(24)11-15/h1-11H,12H2,(H,27,30)(H,28,29). The largest absolute Gasteiger partial charge is 0.435 e. The van der Waals surface area contributed by atoms with E-state index in [1.165, 1.54) is 0 Å². The summed E-state index contributed by atoms with van der Waals surface area (Å²) in [5.74, 6) is 0.367. The summed E-state index contributed by atoms with van der Waals surface area (Å²) in [5.41, 5.74) is 6.07. The zero-order valence-corrected chi connectivity index (χ0v) is 19.0. The van der Waals surface area contributed by atoms with Gasteiger partial charge in [0.15, 0.2) is 5.84 Å². The molecule has 0 radical (unpaired) electrons. The summed E-state index contributed by atoms with van der Waals surface area (Å²) in [6.45, 7) is 0.164. The van der Waals surface area contributed by atoms with E-state index in [9.17, 15) is 4.79 Å². The number of anilines is 1. The summed E-state index contributed by atoms with van der Waals surface area (Å²) >= 11 is 15.8. The van der Waals surface area contributed by atoms with Crippen LogP contribution in [0.3, 0.4) is 0 Å². The van der Waals surface area contributed by atoms with Gasteiger partial charge in [-0.1, -0.05) is 63.4 Å². The molecule has 0 aliphatic carbocycles. The minimum atomic E-state index is -0.708. The Balaban J connectivity index is 1.56. The number of carbonyl (C=O) groups is 1. The third-order valence-electron chi connectivity index (χ3n) is 4.32. The predicted molar refractivity (Wildman–Crippen MR) is 128 cm³/mol. The molecule has 0 saturated heterocycles. The van der Waals surface area contributed by atoms with Gasteiger partial charge in [0.05, 0.1) is 11.4 Å². The summed E-state index contributed by atoms with van der Waals surface area (Å²) < 4.78 is 0.884. The Morgan fingerprint density at radius 3 is 2.65 bits per heavy atom. The van der Waals surface area contributed by atoms with Crippen molar-refractivity contribution in [3.63, 3.8) is 0 Å². The van der Waals surface area contributed by atoms with Gasteiger partial charge in [-0.2, -0.15) is 0 Å². The molecule has 0 aromatic heterocycles. The monoisotopic (exact) mass is 516 g/mol. The van der Waals surface area contributed by atoms with E-state index in [1.54, 1.807) is 24.3 Å². The molecule has 0 fully saturated rings. The number of hydroxylamine groups is 1. The van der Waals surface area contributed by atoms with Gasteiger partial charge in [-0.05, 0) is 42.5 Å². The molecular weight excluding hydrogens is 503 g/mol. The number of halogens is 3. The highest BCUT2D eigenvalue weighted by Crippen LogP contribution is 2.30. The number of amides is 1. The van der Waals surface area contributed by atoms with E-state index < -0.39 is 6.09 Å². The van der Waals surface area contributed by atoms with Crippen molar-refractivity contribution in [2.24, 2.45) is 9.98 Å². The van der Waals surface area contributed by atoms with Crippen LogP contribution in [-0.2, 0) is 4.84 Å². The molecule has 2 N–H and O–H groups in total. The predicted octanol–water partition coefficient (Wildman–Crippen LogP) is 6.39. The van der Waals surface area contributed by atoms with Crippen molar-refractivity contribution in [1.82, 2.24) is 5.48 Å². The van der Waals surface area contributed by atoms with Gasteiger partial charge in [0.1, 0.15) is 6.54 Å². The number of nitrogens with zero attached hydrogens (tertiary/aromatic N) is 2. The summed E-state index contributed by atoms with van der Waals surface area (Å²) in [4.78, 5) is 26.5. The molecule has 1 aliphatic rings. The topological polar surface area (TPSA) is 75.1 Å². The molecule has 0 saturated carbocycles. The smallest absolute Gasteiger partial charge is 0.323 e. The second-order valence-corrected chi connectivity index (χ2v) is 8.25. The van der Waals surface area contributed by atoms with Crippen LogP contribution in [0.25, 0.3) is 0 Å². The van der Waals surface area contributed by atoms with Gasteiger partial charge in [-0.15, -0.1) is 0 Å². The fourth-order valence-corrected chi connectivity index (χ4v) is 3.75. The molecule has 6 nitrogen and oxygen atoms in total. The maximum Gasteiger partial charge on any atom is 0.435 e. The SMILES string of the molecule is O=C(Nc1cccc(Cl)c1)ONC1=Nc2ccc(Br)cc2C(c2ccccc2Cl)=NC1. The molecule has 0 atom stereocenters. The fourth-order valence-electron chi connectivity index (χ4n) is 2.97. The lowest BCUT2D eigenvalue weighted by atomic mass is 10.0. The first kappa shape index (κ1) is 21.4. The van der Waals surface area contributed by atoms with Crippen LogP contribution < -0.4 is 10.8 Å². The van der Waals surface area contributed by atoms with Crippen molar-refractivity contribution in [2.75, 3.05) is 11.9 Å². The number of amidine groups is 1. The molecule has 1 heterocycles. The van der Waals surface area contributed by atoms with Crippen molar-refractivity contribution < 1.29 is 9.63 Å². The first-order chi connectivity index (χ1) is 15.0. The molecule has 0 unspecified atom stereocenters. The highest BCUT2D eigenvalue weighted by atomic mass is 79.9. The molecule has 3 aromatic rings. The van der Waals surface area contributed by atoms with Crippen molar-refractivity contribution >= 4 is 68.1 Å². The number of hydrogen-bond acceptors (Lipinski definition) is 5. The molecule has 1 aliphatic heterocycles. The molecule has 0 bridgehead atoms. The van der Waals surface area contributed by atoms with E-state index in [0.717, 1.165) is 15.6 Å². The first-order valence-electron chi connectivity index (χ1n) is 9.16. The Labute approximate surface area is 197 Å². The first-order valence-corrected chi connectivity index (χ1v) is 10.7. The van der Waals surface area contributed by atoms with Gasteiger partial charge in [-0.25, -0.2) is 15.3 Å². The zero-order chi connectivity index (χ0) is 21.8. The van der Waals surface area contributed by atoms with Gasteiger partial charge in [0.25, 0.3) is 0 Å². The van der Waals surface area contributed by atoms with Crippen molar-refractivity contribution in [3.05, 3.63) is 92.4 Å². The molecule has 3 aromatic carbocycles. The van der Waals surface area contributed by atoms with Gasteiger partial charge in [0, 0.05) is 31.3 Å². The average molecular weight is 518 g/mol. The molecule has 0 spiro atoms. The third-order valence-corrected chi connectivity index (χ3v) is 5.38. The second-order valence-electron chi connectivity index (χ2n) is 6.49. The number of fused-ring (bicyclic) bond motifs is 1. The fraction of sp³-hybridized carbons (Fsp3) is 0.0455. The third kappa shape index (κ3) is 5.25. The van der Waals surface area contributed by atoms with Crippen LogP contribution in [0, 0.1) is 0 Å². The van der Waals surface area contributed by atoms with Crippen LogP contribution in [0.2, 0.25) is 10.0 Å². The van der Waals surface area contributed by atoms with Crippen LogP contribution >= 0.6 is 39.1 Å². The maximum absolute atomic E-state index is 12.1. The molecule has 31 heavy (non-hydrogen) atoms. The zero-order valence-electron chi connectivity index (χ0n) is 15.9. The summed E-state index contributed by atoms with van der Waals surface area (Å²) in [6.07, 6.45) is -0.708. The Morgan fingerprint density at radius 1 is 1.00 bits per heavy atom. The van der Waals surface area contributed by atoms with Gasteiger partial charge in [0.2, 0.25) is 0 Å². The summed E-state index contributed by atoms with van der Waals surface area (Å²) in [6, 6.07) is 19.9. The van der Waals surface area contributed by atoms with Crippen molar-refractivity contribution in [3.8, 4) is 0 Å². The van der Waals surface area contributed by atoms with Crippen LogP contribution in [0.1, 0.15) is 11.1 Å². The number of aliphatic imine (C=N–C) groups is 2. The lowest BCUT2D eigenvalue weighted by Gasteiger charge is -2.10. The van der Waals surface area contributed by atoms with Crippen molar-refractivity contribution in [1.29, 1.82) is 0 Å². The lowest BCUT2D eigenvalue weighted by molar-refractivity contribution is 0.134. The van der Waals surface area contributed by atoms with E-state index in [2.05, 4.69) is 36.7 Å². The van der Waals surface area contributed by atoms with Gasteiger partial charge in [-0.3, -0.25) is 10.3 Å². The van der Waals surface area contributed by atoms with Gasteiger partial charge >= 0.3 is 6.09 Å². The highest BCUT2D eigenvalue weighted by Gasteiger charge is 2.19. The van der Waals surface area contributed by atoms with Crippen LogP contribution in [0.5, 0.6) is 0 Å². The van der Waals surface area contributed by atoms with E-state index >= 15 is 0 Å². The van der Waals surface area contributed by atoms with Crippen LogP contribution in [-0.4, -0.2) is 24.2 Å². The highest BCUT2D eigenvalue weighted by molar-refractivity contribution is 9.10. The van der Waals surface area contributed by atoms with E-state index in [1.807, 2.05) is 42.5 Å². The summed E-state index contributed by atoms with van der Waals surface area (Å²) in [5, 5.41) is 3.67. The van der Waals surface area contributed by atoms with E-state index in [4.69, 9.17) is 28.0 Å². The number of rotatable bonds is 2. The Kier molecular flexibility index (Phi) is 6.56. The Hall–Kier alpha value is -2.87. The molecular formula is C22H15BrCl2N4O2. The lowest BCUT2D eigenvalue weighted by Crippen LogP contribution is -2.31. The van der Waals surface area contributed by atoms with Crippen LogP contribution in [0.4, 0.5) is 16.2 Å².